The third-order valence-corrected chi connectivity index (χ3v) is 6.48. The Hall–Kier alpha value is -0.540. The molecular formula is C20H37N3. The normalized spacial score (nSPS) is 25.8. The third kappa shape index (κ3) is 4.51. The van der Waals surface area contributed by atoms with Crippen molar-refractivity contribution in [3.05, 3.63) is 12.3 Å². The van der Waals surface area contributed by atoms with Gasteiger partial charge in [0.2, 0.25) is 0 Å². The second kappa shape index (κ2) is 7.57. The summed E-state index contributed by atoms with van der Waals surface area (Å²) in [6.07, 6.45) is 8.80. The van der Waals surface area contributed by atoms with Gasteiger partial charge in [-0.15, -0.1) is 0 Å². The quantitative estimate of drug-likeness (QED) is 0.810. The number of rotatable bonds is 6. The molecule has 3 rings (SSSR count). The first-order chi connectivity index (χ1) is 11.1. The average Bonchev–Trinajstić information content (AvgIpc) is 2.53. The molecule has 0 aromatic carbocycles. The third-order valence-electron chi connectivity index (χ3n) is 6.48. The van der Waals surface area contributed by atoms with Crippen LogP contribution in [-0.2, 0) is 0 Å². The van der Waals surface area contributed by atoms with Gasteiger partial charge in [-0.2, -0.15) is 0 Å². The second-order valence-electron chi connectivity index (χ2n) is 8.82. The minimum Gasteiger partial charge on any atom is -0.372 e. The molecule has 0 amide bonds. The predicted octanol–water partition coefficient (Wildman–Crippen LogP) is 3.33. The molecule has 2 heterocycles. The van der Waals surface area contributed by atoms with Gasteiger partial charge < -0.3 is 10.2 Å². The van der Waals surface area contributed by atoms with Crippen LogP contribution < -0.4 is 5.32 Å². The Kier molecular flexibility index (Phi) is 5.69. The Morgan fingerprint density at radius 3 is 2.39 bits per heavy atom. The highest BCUT2D eigenvalue weighted by atomic mass is 15.2. The molecule has 1 saturated carbocycles. The lowest BCUT2D eigenvalue weighted by molar-refractivity contribution is -0.0169. The first-order valence-corrected chi connectivity index (χ1v) is 9.92. The number of hydrogen-bond donors (Lipinski definition) is 1. The van der Waals surface area contributed by atoms with Gasteiger partial charge in [0.1, 0.15) is 0 Å². The molecule has 3 nitrogen and oxygen atoms in total. The zero-order chi connectivity index (χ0) is 16.3. The summed E-state index contributed by atoms with van der Waals surface area (Å²) in [5, 5.41) is 3.42. The van der Waals surface area contributed by atoms with Crippen LogP contribution in [0.5, 0.6) is 0 Å². The number of piperazine rings is 1. The maximum absolute atomic E-state index is 4.35. The fourth-order valence-corrected chi connectivity index (χ4v) is 4.87. The zero-order valence-electron chi connectivity index (χ0n) is 15.4. The lowest BCUT2D eigenvalue weighted by atomic mass is 9.56. The summed E-state index contributed by atoms with van der Waals surface area (Å²) < 4.78 is 0. The van der Waals surface area contributed by atoms with Crippen LogP contribution in [0.3, 0.4) is 0 Å². The molecule has 3 heteroatoms. The van der Waals surface area contributed by atoms with Crippen LogP contribution in [0, 0.1) is 17.3 Å². The van der Waals surface area contributed by atoms with Crippen LogP contribution in [0.25, 0.3) is 0 Å². The summed E-state index contributed by atoms with van der Waals surface area (Å²) >= 11 is 0. The number of hydrogen-bond acceptors (Lipinski definition) is 3. The van der Waals surface area contributed by atoms with Gasteiger partial charge in [-0.05, 0) is 56.0 Å². The van der Waals surface area contributed by atoms with E-state index in [2.05, 4.69) is 35.5 Å². The molecule has 1 N–H and O–H groups in total. The van der Waals surface area contributed by atoms with E-state index >= 15 is 0 Å². The monoisotopic (exact) mass is 319 g/mol. The lowest BCUT2D eigenvalue weighted by Gasteiger charge is -2.53. The molecule has 2 saturated heterocycles. The average molecular weight is 320 g/mol. The minimum absolute atomic E-state index is 0.731. The van der Waals surface area contributed by atoms with Crippen molar-refractivity contribution in [3.8, 4) is 0 Å². The Bertz CT molecular complexity index is 382. The summed E-state index contributed by atoms with van der Waals surface area (Å²) in [5.41, 5.74) is 2.07. The van der Waals surface area contributed by atoms with Crippen LogP contribution in [0.15, 0.2) is 12.3 Å². The van der Waals surface area contributed by atoms with Crippen molar-refractivity contribution >= 4 is 0 Å². The maximum Gasteiger partial charge on any atom is 0.0377 e. The van der Waals surface area contributed by atoms with Gasteiger partial charge in [-0.25, -0.2) is 0 Å². The van der Waals surface area contributed by atoms with Crippen LogP contribution in [0.1, 0.15) is 52.4 Å². The van der Waals surface area contributed by atoms with Crippen LogP contribution >= 0.6 is 0 Å². The highest BCUT2D eigenvalue weighted by Crippen LogP contribution is 2.54. The summed E-state index contributed by atoms with van der Waals surface area (Å²) in [7, 11) is 0. The van der Waals surface area contributed by atoms with E-state index in [4.69, 9.17) is 0 Å². The molecule has 0 radical (unpaired) electrons. The van der Waals surface area contributed by atoms with Gasteiger partial charge >= 0.3 is 0 Å². The van der Waals surface area contributed by atoms with Crippen LogP contribution in [0.4, 0.5) is 0 Å². The van der Waals surface area contributed by atoms with Crippen molar-refractivity contribution in [2.24, 2.45) is 17.3 Å². The first kappa shape index (κ1) is 17.3. The molecule has 0 atom stereocenters. The molecule has 23 heavy (non-hydrogen) atoms. The molecule has 3 aliphatic rings. The minimum atomic E-state index is 0.731. The topological polar surface area (TPSA) is 18.5 Å². The fourth-order valence-electron chi connectivity index (χ4n) is 4.87. The number of piperidine rings is 1. The Morgan fingerprint density at radius 1 is 1.13 bits per heavy atom. The summed E-state index contributed by atoms with van der Waals surface area (Å²) in [4.78, 5) is 5.13. The van der Waals surface area contributed by atoms with E-state index in [0.717, 1.165) is 50.0 Å². The van der Waals surface area contributed by atoms with Gasteiger partial charge in [-0.1, -0.05) is 33.3 Å². The van der Waals surface area contributed by atoms with Crippen molar-refractivity contribution in [2.45, 2.75) is 52.4 Å². The molecule has 0 aromatic rings. The van der Waals surface area contributed by atoms with E-state index < -0.39 is 0 Å². The lowest BCUT2D eigenvalue weighted by Crippen LogP contribution is -2.49. The molecule has 1 aliphatic carbocycles. The van der Waals surface area contributed by atoms with Crippen molar-refractivity contribution in [1.29, 1.82) is 0 Å². The first-order valence-electron chi connectivity index (χ1n) is 9.92. The number of nitrogens with zero attached hydrogens (tertiary/aromatic N) is 2. The van der Waals surface area contributed by atoms with E-state index in [9.17, 15) is 0 Å². The van der Waals surface area contributed by atoms with E-state index in [1.807, 2.05) is 0 Å². The van der Waals surface area contributed by atoms with Crippen molar-refractivity contribution < 1.29 is 0 Å². The zero-order valence-corrected chi connectivity index (χ0v) is 15.4. The highest BCUT2D eigenvalue weighted by Gasteiger charge is 2.45. The molecule has 0 bridgehead atoms. The molecule has 0 unspecified atom stereocenters. The van der Waals surface area contributed by atoms with Gasteiger partial charge in [0.25, 0.3) is 0 Å². The van der Waals surface area contributed by atoms with Gasteiger partial charge in [0.15, 0.2) is 0 Å². The largest absolute Gasteiger partial charge is 0.372 e. The Balaban J connectivity index is 1.35. The van der Waals surface area contributed by atoms with E-state index in [1.165, 1.54) is 57.3 Å². The molecule has 1 spiro atoms. The molecule has 132 valence electrons. The molecule has 0 aromatic heterocycles. The summed E-state index contributed by atoms with van der Waals surface area (Å²) in [6, 6.07) is 0. The highest BCUT2D eigenvalue weighted by molar-refractivity contribution is 5.02. The number of nitrogens with one attached hydrogen (secondary N) is 1. The molecule has 2 aliphatic heterocycles. The van der Waals surface area contributed by atoms with Crippen molar-refractivity contribution in [1.82, 2.24) is 15.1 Å². The second-order valence-corrected chi connectivity index (χ2v) is 8.82. The van der Waals surface area contributed by atoms with E-state index in [-0.39, 0.29) is 0 Å². The Morgan fingerprint density at radius 2 is 1.78 bits per heavy atom. The Labute approximate surface area is 143 Å². The SMILES string of the molecule is C=C(CN1CCC2(CC1)CC(CCC(C)C)C2)N1CCNCC1. The van der Waals surface area contributed by atoms with Crippen LogP contribution in [-0.4, -0.2) is 55.6 Å². The standard InChI is InChI=1S/C20H37N3/c1-17(2)4-5-19-14-20(15-19)6-10-22(11-7-20)16-18(3)23-12-8-21-9-13-23/h17,19,21H,3-16H2,1-2H3. The number of likely N-dealkylation sites (tertiary alicyclic amines) is 1. The van der Waals surface area contributed by atoms with Gasteiger partial charge in [-0.3, -0.25) is 4.90 Å². The smallest absolute Gasteiger partial charge is 0.0377 e. The molecular weight excluding hydrogens is 282 g/mol. The fraction of sp³-hybridized carbons (Fsp3) is 0.900. The van der Waals surface area contributed by atoms with Crippen molar-refractivity contribution in [2.75, 3.05) is 45.8 Å². The summed E-state index contributed by atoms with van der Waals surface area (Å²) in [5.74, 6) is 1.92. The molecule has 3 fully saturated rings. The van der Waals surface area contributed by atoms with Crippen LogP contribution in [0.2, 0.25) is 0 Å². The van der Waals surface area contributed by atoms with Gasteiger partial charge in [0.05, 0.1) is 0 Å². The van der Waals surface area contributed by atoms with E-state index in [0.29, 0.717) is 0 Å². The summed E-state index contributed by atoms with van der Waals surface area (Å²) in [6.45, 7) is 17.2. The van der Waals surface area contributed by atoms with Gasteiger partial charge in [0, 0.05) is 38.4 Å². The van der Waals surface area contributed by atoms with Crippen molar-refractivity contribution in [3.63, 3.8) is 0 Å². The van der Waals surface area contributed by atoms with E-state index in [1.54, 1.807) is 0 Å². The maximum atomic E-state index is 4.35. The predicted molar refractivity (Wildman–Crippen MR) is 98.5 cm³/mol.